The van der Waals surface area contributed by atoms with Gasteiger partial charge in [-0.25, -0.2) is 9.97 Å². The number of benzene rings is 1. The average Bonchev–Trinajstić information content (AvgIpc) is 2.46. The zero-order valence-electron chi connectivity index (χ0n) is 12.3. The summed E-state index contributed by atoms with van der Waals surface area (Å²) in [4.78, 5) is 22.0. The third-order valence-electron chi connectivity index (χ3n) is 3.20. The predicted molar refractivity (Wildman–Crippen MR) is 88.1 cm³/mol. The Balaban J connectivity index is 1.99. The van der Waals surface area contributed by atoms with Gasteiger partial charge in [-0.15, -0.1) is 0 Å². The molecule has 22 heavy (non-hydrogen) atoms. The van der Waals surface area contributed by atoms with Gasteiger partial charge in [0.25, 0.3) is 0 Å². The van der Waals surface area contributed by atoms with Crippen LogP contribution in [-0.4, -0.2) is 33.9 Å². The molecule has 116 valence electrons. The van der Waals surface area contributed by atoms with Crippen LogP contribution in [0.4, 0.5) is 5.95 Å². The molecule has 1 N–H and O–H groups in total. The fraction of sp³-hybridized carbons (Fsp3) is 0.267. The van der Waals surface area contributed by atoms with Gasteiger partial charge in [-0.2, -0.15) is 0 Å². The van der Waals surface area contributed by atoms with Crippen LogP contribution in [0.3, 0.4) is 0 Å². The first-order valence-corrected chi connectivity index (χ1v) is 7.44. The number of hydrogen-bond acceptors (Lipinski definition) is 4. The molecule has 2 rings (SSSR count). The minimum Gasteiger partial charge on any atom is -0.293 e. The van der Waals surface area contributed by atoms with Crippen LogP contribution in [0.25, 0.3) is 0 Å². The SMILES string of the molecule is C[C@@H](C(=O)Nc1ncccn1)N(C)Cc1cc(Cl)cc(Cl)c1. The molecular formula is C15H16Cl2N4O. The summed E-state index contributed by atoms with van der Waals surface area (Å²) in [6, 6.07) is 6.66. The fourth-order valence-corrected chi connectivity index (χ4v) is 2.48. The zero-order valence-corrected chi connectivity index (χ0v) is 13.8. The van der Waals surface area contributed by atoms with E-state index in [1.807, 2.05) is 31.0 Å². The van der Waals surface area contributed by atoms with Crippen LogP contribution in [-0.2, 0) is 11.3 Å². The molecule has 0 radical (unpaired) electrons. The van der Waals surface area contributed by atoms with Crippen molar-refractivity contribution in [2.75, 3.05) is 12.4 Å². The number of aromatic nitrogens is 2. The molecule has 1 atom stereocenters. The molecule has 1 amide bonds. The molecule has 0 unspecified atom stereocenters. The molecule has 0 aliphatic heterocycles. The minimum atomic E-state index is -0.360. The first kappa shape index (κ1) is 16.7. The zero-order chi connectivity index (χ0) is 16.1. The van der Waals surface area contributed by atoms with Crippen molar-refractivity contribution in [3.63, 3.8) is 0 Å². The Morgan fingerprint density at radius 3 is 2.41 bits per heavy atom. The predicted octanol–water partition coefficient (Wildman–Crippen LogP) is 3.24. The van der Waals surface area contributed by atoms with Crippen molar-refractivity contribution in [3.8, 4) is 0 Å². The van der Waals surface area contributed by atoms with Crippen molar-refractivity contribution in [1.29, 1.82) is 0 Å². The highest BCUT2D eigenvalue weighted by atomic mass is 35.5. The van der Waals surface area contributed by atoms with E-state index in [4.69, 9.17) is 23.2 Å². The lowest BCUT2D eigenvalue weighted by Gasteiger charge is -2.23. The van der Waals surface area contributed by atoms with Crippen LogP contribution in [0.1, 0.15) is 12.5 Å². The first-order valence-electron chi connectivity index (χ1n) is 6.69. The minimum absolute atomic E-state index is 0.179. The van der Waals surface area contributed by atoms with E-state index in [1.54, 1.807) is 24.5 Å². The van der Waals surface area contributed by atoms with Crippen molar-refractivity contribution in [2.45, 2.75) is 19.5 Å². The van der Waals surface area contributed by atoms with Crippen LogP contribution in [0.5, 0.6) is 0 Å². The smallest absolute Gasteiger partial charge is 0.243 e. The summed E-state index contributed by atoms with van der Waals surface area (Å²) < 4.78 is 0. The topological polar surface area (TPSA) is 58.1 Å². The highest BCUT2D eigenvalue weighted by Gasteiger charge is 2.19. The number of amides is 1. The summed E-state index contributed by atoms with van der Waals surface area (Å²) in [6.07, 6.45) is 3.15. The van der Waals surface area contributed by atoms with Gasteiger partial charge in [0.05, 0.1) is 6.04 Å². The third kappa shape index (κ3) is 4.66. The molecular weight excluding hydrogens is 323 g/mol. The van der Waals surface area contributed by atoms with E-state index < -0.39 is 0 Å². The lowest BCUT2D eigenvalue weighted by Crippen LogP contribution is -2.39. The molecule has 1 aromatic heterocycles. The van der Waals surface area contributed by atoms with Gasteiger partial charge in [0, 0.05) is 29.0 Å². The van der Waals surface area contributed by atoms with Gasteiger partial charge in [0.15, 0.2) is 0 Å². The molecule has 0 aliphatic carbocycles. The second kappa shape index (κ2) is 7.54. The van der Waals surface area contributed by atoms with Crippen LogP contribution in [0.2, 0.25) is 10.0 Å². The molecule has 5 nitrogen and oxygen atoms in total. The molecule has 0 spiro atoms. The van der Waals surface area contributed by atoms with Crippen LogP contribution in [0, 0.1) is 0 Å². The average molecular weight is 339 g/mol. The molecule has 0 aliphatic rings. The summed E-state index contributed by atoms with van der Waals surface area (Å²) >= 11 is 12.0. The maximum absolute atomic E-state index is 12.2. The van der Waals surface area contributed by atoms with Gasteiger partial charge in [0.2, 0.25) is 11.9 Å². The number of carbonyl (C=O) groups excluding carboxylic acids is 1. The summed E-state index contributed by atoms with van der Waals surface area (Å²) in [5, 5.41) is 3.83. The van der Waals surface area contributed by atoms with Gasteiger partial charge < -0.3 is 0 Å². The number of rotatable bonds is 5. The molecule has 1 heterocycles. The number of nitrogens with one attached hydrogen (secondary N) is 1. The quantitative estimate of drug-likeness (QED) is 0.909. The van der Waals surface area contributed by atoms with Gasteiger partial charge in [0.1, 0.15) is 0 Å². The van der Waals surface area contributed by atoms with Gasteiger partial charge in [-0.3, -0.25) is 15.0 Å². The molecule has 0 bridgehead atoms. The van der Waals surface area contributed by atoms with Crippen molar-refractivity contribution < 1.29 is 4.79 Å². The van der Waals surface area contributed by atoms with Crippen LogP contribution < -0.4 is 5.32 Å². The first-order chi connectivity index (χ1) is 10.5. The lowest BCUT2D eigenvalue weighted by molar-refractivity contribution is -0.120. The Labute approximate surface area is 139 Å². The van der Waals surface area contributed by atoms with E-state index in [9.17, 15) is 4.79 Å². The Morgan fingerprint density at radius 2 is 1.82 bits per heavy atom. The Hall–Kier alpha value is -1.69. The number of likely N-dealkylation sites (N-methyl/N-ethyl adjacent to an activating group) is 1. The molecule has 0 saturated heterocycles. The van der Waals surface area contributed by atoms with Crippen molar-refractivity contribution >= 4 is 35.1 Å². The number of halogens is 2. The Morgan fingerprint density at radius 1 is 1.23 bits per heavy atom. The molecule has 1 aromatic carbocycles. The van der Waals surface area contributed by atoms with Crippen molar-refractivity contribution in [2.24, 2.45) is 0 Å². The van der Waals surface area contributed by atoms with E-state index in [0.29, 0.717) is 22.5 Å². The fourth-order valence-electron chi connectivity index (χ4n) is 1.91. The summed E-state index contributed by atoms with van der Waals surface area (Å²) in [5.41, 5.74) is 0.940. The van der Waals surface area contributed by atoms with Gasteiger partial charge in [-0.1, -0.05) is 23.2 Å². The number of anilines is 1. The van der Waals surface area contributed by atoms with Crippen molar-refractivity contribution in [1.82, 2.24) is 14.9 Å². The summed E-state index contributed by atoms with van der Waals surface area (Å²) in [6.45, 7) is 2.36. The van der Waals surface area contributed by atoms with E-state index in [2.05, 4.69) is 15.3 Å². The van der Waals surface area contributed by atoms with E-state index >= 15 is 0 Å². The van der Waals surface area contributed by atoms with Crippen LogP contribution >= 0.6 is 23.2 Å². The standard InChI is InChI=1S/C15H16Cl2N4O/c1-10(14(22)20-15-18-4-3-5-19-15)21(2)9-11-6-12(16)8-13(17)7-11/h3-8,10H,9H2,1-2H3,(H,18,19,20,22)/t10-/m0/s1. The maximum Gasteiger partial charge on any atom is 0.243 e. The number of carbonyl (C=O) groups is 1. The van der Waals surface area contributed by atoms with Gasteiger partial charge >= 0.3 is 0 Å². The molecule has 0 fully saturated rings. The molecule has 0 saturated carbocycles. The number of nitrogens with zero attached hydrogens (tertiary/aromatic N) is 3. The normalized spacial score (nSPS) is 12.2. The maximum atomic E-state index is 12.2. The van der Waals surface area contributed by atoms with E-state index in [1.165, 1.54) is 0 Å². The monoisotopic (exact) mass is 338 g/mol. The van der Waals surface area contributed by atoms with Crippen LogP contribution in [0.15, 0.2) is 36.7 Å². The van der Waals surface area contributed by atoms with Crippen molar-refractivity contribution in [3.05, 3.63) is 52.3 Å². The third-order valence-corrected chi connectivity index (χ3v) is 3.63. The highest BCUT2D eigenvalue weighted by molar-refractivity contribution is 6.34. The largest absolute Gasteiger partial charge is 0.293 e. The summed E-state index contributed by atoms with van der Waals surface area (Å²) in [7, 11) is 1.85. The Kier molecular flexibility index (Phi) is 5.71. The molecule has 2 aromatic rings. The second-order valence-electron chi connectivity index (χ2n) is 4.93. The highest BCUT2D eigenvalue weighted by Crippen LogP contribution is 2.20. The van der Waals surface area contributed by atoms with Gasteiger partial charge in [-0.05, 0) is 43.8 Å². The van der Waals surface area contributed by atoms with E-state index in [-0.39, 0.29) is 11.9 Å². The number of hydrogen-bond donors (Lipinski definition) is 1. The Bertz CT molecular complexity index is 631. The molecule has 7 heteroatoms. The summed E-state index contributed by atoms with van der Waals surface area (Å²) in [5.74, 6) is 0.111. The van der Waals surface area contributed by atoms with E-state index in [0.717, 1.165) is 5.56 Å². The second-order valence-corrected chi connectivity index (χ2v) is 5.80. The lowest BCUT2D eigenvalue weighted by atomic mass is 10.2.